The van der Waals surface area contributed by atoms with Crippen LogP contribution in [0, 0.1) is 6.92 Å². The fourth-order valence-corrected chi connectivity index (χ4v) is 3.24. The topological polar surface area (TPSA) is 73.8 Å². The molecule has 0 radical (unpaired) electrons. The Morgan fingerprint density at radius 2 is 2.07 bits per heavy atom. The van der Waals surface area contributed by atoms with Crippen LogP contribution in [0.2, 0.25) is 10.0 Å². The van der Waals surface area contributed by atoms with Crippen molar-refractivity contribution in [3.63, 3.8) is 0 Å². The summed E-state index contributed by atoms with van der Waals surface area (Å²) in [6, 6.07) is 8.38. The number of rotatable bonds is 3. The average molecular weight is 399 g/mol. The molecule has 0 fully saturated rings. The molecule has 4 rings (SSSR count). The van der Waals surface area contributed by atoms with E-state index in [9.17, 15) is 4.79 Å². The maximum atomic E-state index is 12.5. The highest BCUT2D eigenvalue weighted by atomic mass is 35.5. The molecule has 0 aliphatic heterocycles. The van der Waals surface area contributed by atoms with Gasteiger partial charge >= 0.3 is 5.63 Å². The predicted molar refractivity (Wildman–Crippen MR) is 105 cm³/mol. The molecule has 3 heterocycles. The normalized spacial score (nSPS) is 11.1. The molecule has 0 N–H and O–H groups in total. The van der Waals surface area contributed by atoms with Gasteiger partial charge in [0.05, 0.1) is 21.6 Å². The first kappa shape index (κ1) is 17.5. The Labute approximate surface area is 163 Å². The molecule has 134 valence electrons. The van der Waals surface area contributed by atoms with Crippen LogP contribution in [-0.4, -0.2) is 19.7 Å². The second-order valence-corrected chi connectivity index (χ2v) is 6.65. The molecule has 0 spiro atoms. The van der Waals surface area contributed by atoms with Gasteiger partial charge in [-0.2, -0.15) is 5.10 Å². The molecule has 0 saturated carbocycles. The summed E-state index contributed by atoms with van der Waals surface area (Å²) in [4.78, 5) is 21.3. The third-order valence-electron chi connectivity index (χ3n) is 3.98. The van der Waals surface area contributed by atoms with Gasteiger partial charge in [0.15, 0.2) is 5.82 Å². The Bertz CT molecular complexity index is 1260. The number of pyridine rings is 1. The standard InChI is InChI=1S/C19H12Cl2N4O2/c1-3-12-9-15(25(24-12)17-14(21)5-4-6-22-17)18-23-16-10(2)7-11(20)8-13(16)19(26)27-18/h3-9H,1H2,2H3. The molecule has 0 bridgehead atoms. The van der Waals surface area contributed by atoms with Gasteiger partial charge in [0.25, 0.3) is 0 Å². The third-order valence-corrected chi connectivity index (χ3v) is 4.50. The number of benzene rings is 1. The van der Waals surface area contributed by atoms with Gasteiger partial charge in [-0.15, -0.1) is 0 Å². The molecule has 0 saturated heterocycles. The van der Waals surface area contributed by atoms with Crippen molar-refractivity contribution < 1.29 is 4.42 Å². The molecule has 0 aliphatic rings. The molecule has 1 aromatic carbocycles. The van der Waals surface area contributed by atoms with E-state index >= 15 is 0 Å². The van der Waals surface area contributed by atoms with E-state index in [1.807, 2.05) is 6.92 Å². The molecule has 0 aliphatic carbocycles. The maximum absolute atomic E-state index is 12.5. The Kier molecular flexibility index (Phi) is 4.30. The van der Waals surface area contributed by atoms with Crippen LogP contribution in [-0.2, 0) is 0 Å². The SMILES string of the molecule is C=Cc1cc(-c2nc3c(C)cc(Cl)cc3c(=O)o2)n(-c2ncccc2Cl)n1. The van der Waals surface area contributed by atoms with Crippen molar-refractivity contribution in [3.05, 3.63) is 74.8 Å². The second kappa shape index (κ2) is 6.64. The van der Waals surface area contributed by atoms with E-state index in [-0.39, 0.29) is 5.89 Å². The molecule has 4 aromatic rings. The van der Waals surface area contributed by atoms with Crippen LogP contribution in [0.15, 0.2) is 52.3 Å². The zero-order chi connectivity index (χ0) is 19.1. The molecule has 3 aromatic heterocycles. The Morgan fingerprint density at radius 3 is 2.81 bits per heavy atom. The van der Waals surface area contributed by atoms with Gasteiger partial charge in [0, 0.05) is 11.2 Å². The molecular formula is C19H12Cl2N4O2. The number of nitrogens with zero attached hydrogens (tertiary/aromatic N) is 4. The fraction of sp³-hybridized carbons (Fsp3) is 0.0526. The van der Waals surface area contributed by atoms with Gasteiger partial charge in [-0.3, -0.25) is 0 Å². The van der Waals surface area contributed by atoms with Crippen molar-refractivity contribution in [3.8, 4) is 17.4 Å². The van der Waals surface area contributed by atoms with Crippen molar-refractivity contribution in [2.75, 3.05) is 0 Å². The minimum absolute atomic E-state index is 0.0974. The van der Waals surface area contributed by atoms with Gasteiger partial charge < -0.3 is 4.42 Å². The van der Waals surface area contributed by atoms with E-state index in [2.05, 4.69) is 21.6 Å². The summed E-state index contributed by atoms with van der Waals surface area (Å²) >= 11 is 12.3. The van der Waals surface area contributed by atoms with Gasteiger partial charge in [0.2, 0.25) is 5.89 Å². The summed E-state index contributed by atoms with van der Waals surface area (Å²) in [6.45, 7) is 5.56. The lowest BCUT2D eigenvalue weighted by Gasteiger charge is -2.08. The highest BCUT2D eigenvalue weighted by Crippen LogP contribution is 2.27. The zero-order valence-corrected chi connectivity index (χ0v) is 15.6. The first-order chi connectivity index (χ1) is 13.0. The van der Waals surface area contributed by atoms with Crippen LogP contribution in [0.5, 0.6) is 0 Å². The predicted octanol–water partition coefficient (Wildman–Crippen LogP) is 4.69. The number of aromatic nitrogens is 4. The second-order valence-electron chi connectivity index (χ2n) is 5.80. The molecular weight excluding hydrogens is 387 g/mol. The quantitative estimate of drug-likeness (QED) is 0.500. The Balaban J connectivity index is 2.02. The van der Waals surface area contributed by atoms with Crippen molar-refractivity contribution in [2.24, 2.45) is 0 Å². The highest BCUT2D eigenvalue weighted by Gasteiger charge is 2.19. The summed E-state index contributed by atoms with van der Waals surface area (Å²) in [5.41, 5.74) is 1.71. The maximum Gasteiger partial charge on any atom is 0.347 e. The number of hydrogen-bond donors (Lipinski definition) is 0. The number of halogens is 2. The lowest BCUT2D eigenvalue weighted by molar-refractivity contribution is 0.513. The van der Waals surface area contributed by atoms with Crippen LogP contribution in [0.4, 0.5) is 0 Å². The molecule has 0 atom stereocenters. The van der Waals surface area contributed by atoms with Crippen LogP contribution in [0.3, 0.4) is 0 Å². The van der Waals surface area contributed by atoms with Crippen molar-refractivity contribution in [1.82, 2.24) is 19.7 Å². The van der Waals surface area contributed by atoms with E-state index in [1.54, 1.807) is 36.5 Å². The van der Waals surface area contributed by atoms with Crippen LogP contribution in [0.25, 0.3) is 34.4 Å². The van der Waals surface area contributed by atoms with Gasteiger partial charge in [-0.1, -0.05) is 29.8 Å². The van der Waals surface area contributed by atoms with E-state index in [1.165, 1.54) is 10.7 Å². The molecule has 0 amide bonds. The number of aryl methyl sites for hydroxylation is 1. The third kappa shape index (κ3) is 3.03. The lowest BCUT2D eigenvalue weighted by Crippen LogP contribution is -2.08. The largest absolute Gasteiger partial charge is 0.401 e. The fourth-order valence-electron chi connectivity index (χ4n) is 2.76. The minimum atomic E-state index is -0.541. The van der Waals surface area contributed by atoms with Gasteiger partial charge in [-0.25, -0.2) is 19.4 Å². The zero-order valence-electron chi connectivity index (χ0n) is 14.1. The lowest BCUT2D eigenvalue weighted by atomic mass is 10.1. The summed E-state index contributed by atoms with van der Waals surface area (Å²) in [7, 11) is 0. The summed E-state index contributed by atoms with van der Waals surface area (Å²) in [5.74, 6) is 0.486. The summed E-state index contributed by atoms with van der Waals surface area (Å²) in [6.07, 6.45) is 3.16. The Morgan fingerprint density at radius 1 is 1.26 bits per heavy atom. The number of fused-ring (bicyclic) bond motifs is 1. The van der Waals surface area contributed by atoms with Crippen LogP contribution >= 0.6 is 23.2 Å². The smallest absolute Gasteiger partial charge is 0.347 e. The summed E-state index contributed by atoms with van der Waals surface area (Å²) in [5, 5.41) is 5.56. The van der Waals surface area contributed by atoms with Gasteiger partial charge in [0.1, 0.15) is 5.69 Å². The number of hydrogen-bond acceptors (Lipinski definition) is 5. The highest BCUT2D eigenvalue weighted by molar-refractivity contribution is 6.32. The van der Waals surface area contributed by atoms with Gasteiger partial charge in [-0.05, 0) is 48.9 Å². The van der Waals surface area contributed by atoms with Crippen molar-refractivity contribution in [1.29, 1.82) is 0 Å². The Hall–Kier alpha value is -2.96. The molecule has 27 heavy (non-hydrogen) atoms. The average Bonchev–Trinajstić information content (AvgIpc) is 3.07. The van der Waals surface area contributed by atoms with Crippen molar-refractivity contribution in [2.45, 2.75) is 6.92 Å². The van der Waals surface area contributed by atoms with E-state index in [4.69, 9.17) is 27.6 Å². The molecule has 0 unspecified atom stereocenters. The van der Waals surface area contributed by atoms with Crippen LogP contribution in [0.1, 0.15) is 11.3 Å². The van der Waals surface area contributed by atoms with Crippen LogP contribution < -0.4 is 5.63 Å². The molecule has 8 heteroatoms. The first-order valence-corrected chi connectivity index (χ1v) is 8.68. The van der Waals surface area contributed by atoms with Crippen molar-refractivity contribution >= 4 is 40.2 Å². The van der Waals surface area contributed by atoms with E-state index in [0.717, 1.165) is 5.56 Å². The molecule has 6 nitrogen and oxygen atoms in total. The van der Waals surface area contributed by atoms with E-state index in [0.29, 0.717) is 38.2 Å². The minimum Gasteiger partial charge on any atom is -0.401 e. The summed E-state index contributed by atoms with van der Waals surface area (Å²) < 4.78 is 6.93. The monoisotopic (exact) mass is 398 g/mol. The first-order valence-electron chi connectivity index (χ1n) is 7.92. The van der Waals surface area contributed by atoms with E-state index < -0.39 is 5.63 Å².